The summed E-state index contributed by atoms with van der Waals surface area (Å²) in [5.41, 5.74) is 0. The summed E-state index contributed by atoms with van der Waals surface area (Å²) in [6.45, 7) is 1.94. The van der Waals surface area contributed by atoms with Crippen LogP contribution < -0.4 is 0 Å². The van der Waals surface area contributed by atoms with Crippen LogP contribution in [-0.2, 0) is 0 Å². The van der Waals surface area contributed by atoms with Crippen LogP contribution in [0.4, 0.5) is 4.39 Å². The van der Waals surface area contributed by atoms with E-state index in [-0.39, 0.29) is 6.67 Å². The molecule has 0 saturated carbocycles. The van der Waals surface area contributed by atoms with Crippen LogP contribution in [0.15, 0.2) is 60.8 Å². The van der Waals surface area contributed by atoms with E-state index in [1.54, 1.807) is 0 Å². The van der Waals surface area contributed by atoms with Crippen LogP contribution in [0.1, 0.15) is 51.9 Å². The van der Waals surface area contributed by atoms with Crippen LogP contribution >= 0.6 is 0 Å². The normalized spacial score (nSPS) is 13.1. The lowest BCUT2D eigenvalue weighted by atomic mass is 10.2. The Labute approximate surface area is 124 Å². The Morgan fingerprint density at radius 3 is 2.00 bits per heavy atom. The second-order valence-electron chi connectivity index (χ2n) is 4.56. The van der Waals surface area contributed by atoms with Gasteiger partial charge in [0.05, 0.1) is 6.67 Å². The molecule has 0 amide bonds. The van der Waals surface area contributed by atoms with Crippen molar-refractivity contribution in [1.29, 1.82) is 0 Å². The molecule has 0 rings (SSSR count). The van der Waals surface area contributed by atoms with Crippen molar-refractivity contribution in [1.82, 2.24) is 0 Å². The highest BCUT2D eigenvalue weighted by atomic mass is 19.1. The zero-order chi connectivity index (χ0) is 14.7. The third-order valence-electron chi connectivity index (χ3n) is 2.67. The minimum absolute atomic E-state index is 0.215. The molecule has 0 aliphatic carbocycles. The molecule has 0 aromatic heterocycles. The highest BCUT2D eigenvalue weighted by molar-refractivity contribution is 5.05. The largest absolute Gasteiger partial charge is 0.251 e. The molecule has 0 aromatic carbocycles. The van der Waals surface area contributed by atoms with Gasteiger partial charge in [-0.05, 0) is 44.9 Å². The first kappa shape index (κ1) is 18.6. The molecule has 0 bridgehead atoms. The third kappa shape index (κ3) is 16.6. The lowest BCUT2D eigenvalue weighted by Crippen LogP contribution is -1.71. The molecule has 0 fully saturated rings. The Morgan fingerprint density at radius 2 is 1.25 bits per heavy atom. The summed E-state index contributed by atoms with van der Waals surface area (Å²) in [5, 5.41) is 0. The molecule has 0 saturated heterocycles. The van der Waals surface area contributed by atoms with Gasteiger partial charge in [0, 0.05) is 0 Å². The topological polar surface area (TPSA) is 0 Å². The summed E-state index contributed by atoms with van der Waals surface area (Å²) in [7, 11) is 0. The molecule has 1 heteroatoms. The number of rotatable bonds is 12. The lowest BCUT2D eigenvalue weighted by molar-refractivity contribution is 0.475. The first-order chi connectivity index (χ1) is 9.91. The summed E-state index contributed by atoms with van der Waals surface area (Å²) in [6, 6.07) is 0. The van der Waals surface area contributed by atoms with Crippen LogP contribution in [-0.4, -0.2) is 6.67 Å². The molecule has 0 heterocycles. The highest BCUT2D eigenvalue weighted by Gasteiger charge is 1.79. The summed E-state index contributed by atoms with van der Waals surface area (Å²) in [5.74, 6) is 0. The van der Waals surface area contributed by atoms with Gasteiger partial charge in [-0.25, -0.2) is 0 Å². The van der Waals surface area contributed by atoms with Crippen LogP contribution in [0.25, 0.3) is 0 Å². The fraction of sp³-hybridized carbons (Fsp3) is 0.474. The number of allylic oxidation sites excluding steroid dienone is 10. The second-order valence-corrected chi connectivity index (χ2v) is 4.56. The van der Waals surface area contributed by atoms with E-state index in [1.807, 2.05) is 0 Å². The zero-order valence-electron chi connectivity index (χ0n) is 12.8. The highest BCUT2D eigenvalue weighted by Crippen LogP contribution is 1.97. The Hall–Kier alpha value is -1.37. The van der Waals surface area contributed by atoms with Gasteiger partial charge >= 0.3 is 0 Å². The predicted molar refractivity (Wildman–Crippen MR) is 89.7 cm³/mol. The average molecular weight is 276 g/mol. The van der Waals surface area contributed by atoms with Crippen molar-refractivity contribution in [3.63, 3.8) is 0 Å². The van der Waals surface area contributed by atoms with Crippen molar-refractivity contribution in [2.45, 2.75) is 51.9 Å². The van der Waals surface area contributed by atoms with E-state index >= 15 is 0 Å². The van der Waals surface area contributed by atoms with Gasteiger partial charge in [-0.1, -0.05) is 67.7 Å². The van der Waals surface area contributed by atoms with Gasteiger partial charge in [0.15, 0.2) is 0 Å². The molecular weight excluding hydrogens is 247 g/mol. The van der Waals surface area contributed by atoms with Crippen molar-refractivity contribution in [2.24, 2.45) is 0 Å². The number of alkyl halides is 1. The molecule has 0 nitrogen and oxygen atoms in total. The van der Waals surface area contributed by atoms with E-state index in [4.69, 9.17) is 0 Å². The SMILES string of the molecule is CC/C=C\CC/C=C/C=C\C/C=C\C/C=C\CCCF. The molecule has 0 aliphatic heterocycles. The predicted octanol–water partition coefficient (Wildman–Crippen LogP) is 6.49. The third-order valence-corrected chi connectivity index (χ3v) is 2.67. The standard InChI is InChI=1S/C19H29F/c1-2-3-4-5-6-7-8-9-10-11-12-13-14-15-16-17-18-19-20/h3-4,7-10,12-13,15-16H,2,5-6,11,14,17-19H2,1H3/b4-3-,8-7+,10-9-,13-12-,16-15-. The van der Waals surface area contributed by atoms with Gasteiger partial charge in [0.1, 0.15) is 0 Å². The van der Waals surface area contributed by atoms with E-state index in [1.165, 1.54) is 0 Å². The zero-order valence-corrected chi connectivity index (χ0v) is 12.8. The second kappa shape index (κ2) is 17.6. The Morgan fingerprint density at radius 1 is 0.650 bits per heavy atom. The number of hydrogen-bond acceptors (Lipinski definition) is 0. The van der Waals surface area contributed by atoms with Gasteiger partial charge in [0.2, 0.25) is 0 Å². The van der Waals surface area contributed by atoms with E-state index in [9.17, 15) is 4.39 Å². The van der Waals surface area contributed by atoms with E-state index in [2.05, 4.69) is 67.7 Å². The molecule has 0 aliphatic rings. The summed E-state index contributed by atoms with van der Waals surface area (Å²) in [6.07, 6.45) is 28.3. The minimum Gasteiger partial charge on any atom is -0.251 e. The molecule has 20 heavy (non-hydrogen) atoms. The molecule has 0 unspecified atom stereocenters. The Kier molecular flexibility index (Phi) is 16.4. The van der Waals surface area contributed by atoms with Crippen molar-refractivity contribution in [3.8, 4) is 0 Å². The fourth-order valence-electron chi connectivity index (χ4n) is 1.57. The van der Waals surface area contributed by atoms with Crippen molar-refractivity contribution in [2.75, 3.05) is 6.67 Å². The maximum Gasteiger partial charge on any atom is 0.0897 e. The van der Waals surface area contributed by atoms with Gasteiger partial charge in [0.25, 0.3) is 0 Å². The first-order valence-corrected chi connectivity index (χ1v) is 7.74. The number of halogens is 1. The molecule has 0 radical (unpaired) electrons. The fourth-order valence-corrected chi connectivity index (χ4v) is 1.57. The molecule has 0 aromatic rings. The Bertz CT molecular complexity index is 319. The molecular formula is C19H29F. The van der Waals surface area contributed by atoms with Crippen LogP contribution in [0.3, 0.4) is 0 Å². The van der Waals surface area contributed by atoms with E-state index < -0.39 is 0 Å². The van der Waals surface area contributed by atoms with Crippen LogP contribution in [0, 0.1) is 0 Å². The average Bonchev–Trinajstić information content (AvgIpc) is 2.47. The van der Waals surface area contributed by atoms with Crippen molar-refractivity contribution >= 4 is 0 Å². The smallest absolute Gasteiger partial charge is 0.0897 e. The quantitative estimate of drug-likeness (QED) is 0.217. The van der Waals surface area contributed by atoms with Gasteiger partial charge in [-0.3, -0.25) is 4.39 Å². The maximum atomic E-state index is 11.8. The molecule has 0 spiro atoms. The van der Waals surface area contributed by atoms with E-state index in [0.29, 0.717) is 6.42 Å². The minimum atomic E-state index is -0.215. The molecule has 0 atom stereocenters. The van der Waals surface area contributed by atoms with E-state index in [0.717, 1.165) is 38.5 Å². The van der Waals surface area contributed by atoms with Crippen molar-refractivity contribution in [3.05, 3.63) is 60.8 Å². The maximum absolute atomic E-state index is 11.8. The summed E-state index contributed by atoms with van der Waals surface area (Å²) >= 11 is 0. The molecule has 0 N–H and O–H groups in total. The van der Waals surface area contributed by atoms with Gasteiger partial charge < -0.3 is 0 Å². The first-order valence-electron chi connectivity index (χ1n) is 7.74. The van der Waals surface area contributed by atoms with Crippen LogP contribution in [0.5, 0.6) is 0 Å². The molecule has 112 valence electrons. The van der Waals surface area contributed by atoms with Gasteiger partial charge in [-0.2, -0.15) is 0 Å². The monoisotopic (exact) mass is 276 g/mol. The lowest BCUT2D eigenvalue weighted by Gasteiger charge is -1.86. The van der Waals surface area contributed by atoms with Gasteiger partial charge in [-0.15, -0.1) is 0 Å². The Balaban J connectivity index is 3.44. The number of hydrogen-bond donors (Lipinski definition) is 0. The number of unbranched alkanes of at least 4 members (excludes halogenated alkanes) is 2. The summed E-state index contributed by atoms with van der Waals surface area (Å²) in [4.78, 5) is 0. The van der Waals surface area contributed by atoms with Crippen LogP contribution in [0.2, 0.25) is 0 Å². The van der Waals surface area contributed by atoms with Crippen molar-refractivity contribution < 1.29 is 4.39 Å². The summed E-state index contributed by atoms with van der Waals surface area (Å²) < 4.78 is 11.8.